The van der Waals surface area contributed by atoms with Crippen molar-refractivity contribution in [3.05, 3.63) is 6.92 Å². The Balaban J connectivity index is 2.96. The van der Waals surface area contributed by atoms with Gasteiger partial charge in [0.1, 0.15) is 0 Å². The van der Waals surface area contributed by atoms with Crippen molar-refractivity contribution in [2.24, 2.45) is 5.92 Å². The lowest BCUT2D eigenvalue weighted by Gasteiger charge is -2.02. The monoisotopic (exact) mass is 194 g/mol. The van der Waals surface area contributed by atoms with Gasteiger partial charge in [0, 0.05) is 5.92 Å². The summed E-state index contributed by atoms with van der Waals surface area (Å²) in [6.07, 6.45) is 11.6. The largest absolute Gasteiger partial charge is 0.198 e. The van der Waals surface area contributed by atoms with Gasteiger partial charge in [-0.15, -0.1) is 0 Å². The maximum atomic E-state index is 8.52. The van der Waals surface area contributed by atoms with Gasteiger partial charge in [0.15, 0.2) is 0 Å². The van der Waals surface area contributed by atoms with Gasteiger partial charge in [-0.05, 0) is 13.3 Å². The molecule has 1 atom stereocenters. The SMILES string of the molecule is [CH2]C(C#N)CCCCCCCCCC. The summed E-state index contributed by atoms with van der Waals surface area (Å²) in [6, 6.07) is 2.17. The van der Waals surface area contributed by atoms with E-state index in [0.29, 0.717) is 0 Å². The van der Waals surface area contributed by atoms with Crippen molar-refractivity contribution in [1.82, 2.24) is 0 Å². The molecule has 0 rings (SSSR count). The minimum Gasteiger partial charge on any atom is -0.198 e. The standard InChI is InChI=1S/C13H24N/c1-3-4-5-6-7-8-9-10-11-13(2)12-14/h13H,2-11H2,1H3. The highest BCUT2D eigenvalue weighted by molar-refractivity contribution is 4.83. The van der Waals surface area contributed by atoms with E-state index in [0.717, 1.165) is 6.42 Å². The summed E-state index contributed by atoms with van der Waals surface area (Å²) < 4.78 is 0. The predicted octanol–water partition coefficient (Wildman–Crippen LogP) is 4.49. The minimum atomic E-state index is 0.00934. The van der Waals surface area contributed by atoms with E-state index in [1.54, 1.807) is 0 Å². The zero-order chi connectivity index (χ0) is 10.6. The lowest BCUT2D eigenvalue weighted by molar-refractivity contribution is 0.549. The van der Waals surface area contributed by atoms with Gasteiger partial charge in [0.2, 0.25) is 0 Å². The van der Waals surface area contributed by atoms with Crippen molar-refractivity contribution in [1.29, 1.82) is 5.26 Å². The van der Waals surface area contributed by atoms with Gasteiger partial charge < -0.3 is 0 Å². The molecule has 0 bridgehead atoms. The van der Waals surface area contributed by atoms with Gasteiger partial charge >= 0.3 is 0 Å². The van der Waals surface area contributed by atoms with Crippen LogP contribution in [0.15, 0.2) is 0 Å². The summed E-state index contributed by atoms with van der Waals surface area (Å²) in [5.41, 5.74) is 0. The van der Waals surface area contributed by atoms with E-state index < -0.39 is 0 Å². The van der Waals surface area contributed by atoms with E-state index in [-0.39, 0.29) is 5.92 Å². The molecule has 81 valence electrons. The Hall–Kier alpha value is -0.510. The second kappa shape index (κ2) is 10.6. The first kappa shape index (κ1) is 13.5. The van der Waals surface area contributed by atoms with E-state index in [1.807, 2.05) is 0 Å². The predicted molar refractivity (Wildman–Crippen MR) is 61.7 cm³/mol. The van der Waals surface area contributed by atoms with Crippen LogP contribution < -0.4 is 0 Å². The number of hydrogen-bond acceptors (Lipinski definition) is 1. The Morgan fingerprint density at radius 1 is 1.00 bits per heavy atom. The van der Waals surface area contributed by atoms with E-state index in [2.05, 4.69) is 19.9 Å². The molecule has 0 saturated carbocycles. The molecule has 0 aromatic carbocycles. The molecular formula is C13H24N. The third-order valence-electron chi connectivity index (χ3n) is 2.59. The van der Waals surface area contributed by atoms with Crippen LogP contribution in [0.4, 0.5) is 0 Å². The highest BCUT2D eigenvalue weighted by atomic mass is 14.3. The lowest BCUT2D eigenvalue weighted by atomic mass is 10.0. The molecule has 0 fully saturated rings. The van der Waals surface area contributed by atoms with Gasteiger partial charge in [0.25, 0.3) is 0 Å². The fraction of sp³-hybridized carbons (Fsp3) is 0.846. The minimum absolute atomic E-state index is 0.00934. The Morgan fingerprint density at radius 3 is 2.00 bits per heavy atom. The average Bonchev–Trinajstić information content (AvgIpc) is 2.21. The fourth-order valence-electron chi connectivity index (χ4n) is 1.59. The second-order valence-electron chi connectivity index (χ2n) is 4.09. The molecule has 14 heavy (non-hydrogen) atoms. The van der Waals surface area contributed by atoms with Crippen LogP contribution in [0.25, 0.3) is 0 Å². The van der Waals surface area contributed by atoms with E-state index >= 15 is 0 Å². The zero-order valence-corrected chi connectivity index (χ0v) is 9.60. The summed E-state index contributed by atoms with van der Waals surface area (Å²) in [4.78, 5) is 0. The summed E-state index contributed by atoms with van der Waals surface area (Å²) in [5.74, 6) is 0.00934. The Labute approximate surface area is 89.5 Å². The molecule has 0 heterocycles. The number of nitrogens with zero attached hydrogens (tertiary/aromatic N) is 1. The van der Waals surface area contributed by atoms with Crippen LogP contribution in [0.1, 0.15) is 64.7 Å². The van der Waals surface area contributed by atoms with Crippen LogP contribution >= 0.6 is 0 Å². The normalized spacial score (nSPS) is 12.4. The third kappa shape index (κ3) is 9.58. The Bertz CT molecular complexity index is 146. The Morgan fingerprint density at radius 2 is 1.50 bits per heavy atom. The lowest BCUT2D eigenvalue weighted by Crippen LogP contribution is -1.90. The van der Waals surface area contributed by atoms with Crippen molar-refractivity contribution in [3.8, 4) is 6.07 Å². The van der Waals surface area contributed by atoms with E-state index in [9.17, 15) is 0 Å². The van der Waals surface area contributed by atoms with Crippen LogP contribution in [0.2, 0.25) is 0 Å². The van der Waals surface area contributed by atoms with Crippen LogP contribution in [-0.4, -0.2) is 0 Å². The van der Waals surface area contributed by atoms with Crippen LogP contribution in [0.5, 0.6) is 0 Å². The molecule has 1 radical (unpaired) electrons. The van der Waals surface area contributed by atoms with Crippen LogP contribution in [0.3, 0.4) is 0 Å². The summed E-state index contributed by atoms with van der Waals surface area (Å²) >= 11 is 0. The van der Waals surface area contributed by atoms with Crippen molar-refractivity contribution < 1.29 is 0 Å². The van der Waals surface area contributed by atoms with Crippen molar-refractivity contribution in [2.75, 3.05) is 0 Å². The molecule has 0 aliphatic heterocycles. The summed E-state index contributed by atoms with van der Waals surface area (Å²) in [7, 11) is 0. The van der Waals surface area contributed by atoms with Gasteiger partial charge in [-0.3, -0.25) is 0 Å². The molecule has 0 aliphatic carbocycles. The molecule has 0 aromatic rings. The first-order valence-corrected chi connectivity index (χ1v) is 6.04. The van der Waals surface area contributed by atoms with Crippen LogP contribution in [0, 0.1) is 24.2 Å². The van der Waals surface area contributed by atoms with Crippen molar-refractivity contribution in [2.45, 2.75) is 64.7 Å². The third-order valence-corrected chi connectivity index (χ3v) is 2.59. The molecule has 1 heteroatoms. The maximum Gasteiger partial charge on any atom is 0.0655 e. The number of hydrogen-bond donors (Lipinski definition) is 0. The molecule has 1 nitrogen and oxygen atoms in total. The highest BCUT2D eigenvalue weighted by Crippen LogP contribution is 2.12. The van der Waals surface area contributed by atoms with Gasteiger partial charge in [-0.25, -0.2) is 0 Å². The molecule has 0 amide bonds. The first-order valence-electron chi connectivity index (χ1n) is 6.04. The Kier molecular flexibility index (Phi) is 10.2. The number of rotatable bonds is 9. The molecule has 0 N–H and O–H groups in total. The van der Waals surface area contributed by atoms with Gasteiger partial charge in [-0.1, -0.05) is 58.3 Å². The van der Waals surface area contributed by atoms with Crippen molar-refractivity contribution >= 4 is 0 Å². The van der Waals surface area contributed by atoms with E-state index in [1.165, 1.54) is 51.4 Å². The number of nitriles is 1. The fourth-order valence-corrected chi connectivity index (χ4v) is 1.59. The topological polar surface area (TPSA) is 23.8 Å². The molecular weight excluding hydrogens is 170 g/mol. The second-order valence-corrected chi connectivity index (χ2v) is 4.09. The highest BCUT2D eigenvalue weighted by Gasteiger charge is 1.98. The van der Waals surface area contributed by atoms with Gasteiger partial charge in [0.05, 0.1) is 6.07 Å². The van der Waals surface area contributed by atoms with Crippen LogP contribution in [-0.2, 0) is 0 Å². The van der Waals surface area contributed by atoms with Gasteiger partial charge in [-0.2, -0.15) is 5.26 Å². The van der Waals surface area contributed by atoms with Crippen molar-refractivity contribution in [3.63, 3.8) is 0 Å². The molecule has 0 spiro atoms. The van der Waals surface area contributed by atoms with E-state index in [4.69, 9.17) is 5.26 Å². The molecule has 0 saturated heterocycles. The summed E-state index contributed by atoms with van der Waals surface area (Å²) in [5, 5.41) is 8.52. The summed E-state index contributed by atoms with van der Waals surface area (Å²) in [6.45, 7) is 6.00. The zero-order valence-electron chi connectivity index (χ0n) is 9.60. The molecule has 0 aromatic heterocycles. The maximum absolute atomic E-state index is 8.52. The first-order chi connectivity index (χ1) is 6.81. The average molecular weight is 194 g/mol. The smallest absolute Gasteiger partial charge is 0.0655 e. The molecule has 0 aliphatic rings. The quantitative estimate of drug-likeness (QED) is 0.496. The molecule has 1 unspecified atom stereocenters. The number of unbranched alkanes of at least 4 members (excludes halogenated alkanes) is 7.